The number of ether oxygens (including phenoxy) is 1. The maximum absolute atomic E-state index is 6.32. The first-order valence-corrected chi connectivity index (χ1v) is 7.46. The van der Waals surface area contributed by atoms with Crippen molar-refractivity contribution in [1.29, 1.82) is 0 Å². The quantitative estimate of drug-likeness (QED) is 0.579. The molecule has 20 heavy (non-hydrogen) atoms. The number of benzene rings is 3. The Morgan fingerprint density at radius 1 is 0.950 bits per heavy atom. The summed E-state index contributed by atoms with van der Waals surface area (Å²) in [5.41, 5.74) is 1.11. The molecular formula is C17H12BrClO. The van der Waals surface area contributed by atoms with Gasteiger partial charge in [-0.15, -0.1) is 0 Å². The van der Waals surface area contributed by atoms with Crippen molar-refractivity contribution in [1.82, 2.24) is 0 Å². The summed E-state index contributed by atoms with van der Waals surface area (Å²) in [7, 11) is 0. The fourth-order valence-electron chi connectivity index (χ4n) is 2.11. The van der Waals surface area contributed by atoms with Gasteiger partial charge in [0.05, 0.1) is 9.50 Å². The highest BCUT2D eigenvalue weighted by Gasteiger charge is 2.11. The molecule has 0 aromatic heterocycles. The van der Waals surface area contributed by atoms with Crippen LogP contribution in [0.1, 0.15) is 5.56 Å². The molecule has 3 aromatic carbocycles. The fraction of sp³-hybridized carbons (Fsp3) is 0.0588. The molecule has 0 bridgehead atoms. The first-order chi connectivity index (χ1) is 9.75. The van der Waals surface area contributed by atoms with Crippen LogP contribution in [-0.4, -0.2) is 0 Å². The third-order valence-electron chi connectivity index (χ3n) is 3.12. The lowest BCUT2D eigenvalue weighted by molar-refractivity contribution is 0.305. The molecule has 0 spiro atoms. The maximum atomic E-state index is 6.32. The van der Waals surface area contributed by atoms with Crippen LogP contribution in [0.4, 0.5) is 0 Å². The van der Waals surface area contributed by atoms with E-state index in [0.29, 0.717) is 17.4 Å². The van der Waals surface area contributed by atoms with E-state index in [1.807, 2.05) is 60.7 Å². The van der Waals surface area contributed by atoms with E-state index in [9.17, 15) is 0 Å². The fourth-order valence-corrected chi connectivity index (χ4v) is 3.18. The zero-order chi connectivity index (χ0) is 13.9. The average Bonchev–Trinajstić information content (AvgIpc) is 2.48. The van der Waals surface area contributed by atoms with Crippen molar-refractivity contribution in [3.05, 3.63) is 75.7 Å². The molecular weight excluding hydrogens is 336 g/mol. The third-order valence-corrected chi connectivity index (χ3v) is 4.19. The molecule has 0 N–H and O–H groups in total. The number of hydrogen-bond acceptors (Lipinski definition) is 1. The summed E-state index contributed by atoms with van der Waals surface area (Å²) in [4.78, 5) is 0. The van der Waals surface area contributed by atoms with Gasteiger partial charge < -0.3 is 4.74 Å². The van der Waals surface area contributed by atoms with Gasteiger partial charge in [0.15, 0.2) is 5.75 Å². The van der Waals surface area contributed by atoms with E-state index >= 15 is 0 Å². The molecule has 0 atom stereocenters. The molecule has 3 rings (SSSR count). The van der Waals surface area contributed by atoms with Gasteiger partial charge in [-0.05, 0) is 38.3 Å². The Bertz CT molecular complexity index is 741. The summed E-state index contributed by atoms with van der Waals surface area (Å²) in [5.74, 6) is 0.689. The lowest BCUT2D eigenvalue weighted by Gasteiger charge is -2.12. The maximum Gasteiger partial charge on any atom is 0.153 e. The van der Waals surface area contributed by atoms with Crippen molar-refractivity contribution in [3.8, 4) is 5.75 Å². The monoisotopic (exact) mass is 346 g/mol. The predicted molar refractivity (Wildman–Crippen MR) is 87.4 cm³/mol. The van der Waals surface area contributed by atoms with Gasteiger partial charge in [-0.25, -0.2) is 0 Å². The molecule has 100 valence electrons. The molecule has 3 heteroatoms. The van der Waals surface area contributed by atoms with Gasteiger partial charge in [0, 0.05) is 0 Å². The molecule has 0 aliphatic rings. The molecule has 0 heterocycles. The van der Waals surface area contributed by atoms with Gasteiger partial charge in [0.2, 0.25) is 0 Å². The van der Waals surface area contributed by atoms with Crippen molar-refractivity contribution in [2.45, 2.75) is 6.61 Å². The Morgan fingerprint density at radius 2 is 1.65 bits per heavy atom. The summed E-state index contributed by atoms with van der Waals surface area (Å²) >= 11 is 9.92. The lowest BCUT2D eigenvalue weighted by Crippen LogP contribution is -1.97. The third kappa shape index (κ3) is 2.67. The highest BCUT2D eigenvalue weighted by Crippen LogP contribution is 2.39. The highest BCUT2D eigenvalue weighted by atomic mass is 79.9. The van der Waals surface area contributed by atoms with E-state index < -0.39 is 0 Å². The summed E-state index contributed by atoms with van der Waals surface area (Å²) in [5, 5.41) is 2.81. The summed E-state index contributed by atoms with van der Waals surface area (Å²) < 4.78 is 6.78. The molecule has 0 fully saturated rings. The second-order valence-corrected chi connectivity index (χ2v) is 5.70. The van der Waals surface area contributed by atoms with Crippen LogP contribution in [-0.2, 0) is 6.61 Å². The number of halogens is 2. The van der Waals surface area contributed by atoms with Crippen LogP contribution in [0, 0.1) is 0 Å². The Balaban J connectivity index is 1.95. The highest BCUT2D eigenvalue weighted by molar-refractivity contribution is 9.10. The van der Waals surface area contributed by atoms with E-state index in [1.54, 1.807) is 0 Å². The van der Waals surface area contributed by atoms with Crippen LogP contribution >= 0.6 is 27.5 Å². The van der Waals surface area contributed by atoms with Gasteiger partial charge >= 0.3 is 0 Å². The SMILES string of the molecule is Clc1cc2ccccc2c(Br)c1OCc1ccccc1. The van der Waals surface area contributed by atoms with E-state index in [-0.39, 0.29) is 0 Å². The smallest absolute Gasteiger partial charge is 0.153 e. The van der Waals surface area contributed by atoms with Crippen LogP contribution < -0.4 is 4.74 Å². The summed E-state index contributed by atoms with van der Waals surface area (Å²) in [6.07, 6.45) is 0. The van der Waals surface area contributed by atoms with Gasteiger partial charge in [-0.1, -0.05) is 66.2 Å². The average molecular weight is 348 g/mol. The van der Waals surface area contributed by atoms with Crippen molar-refractivity contribution < 1.29 is 4.74 Å². The van der Waals surface area contributed by atoms with Crippen LogP contribution in [0.25, 0.3) is 10.8 Å². The summed E-state index contributed by atoms with van der Waals surface area (Å²) in [6.45, 7) is 0.498. The Labute approximate surface area is 131 Å². The minimum atomic E-state index is 0.498. The molecule has 0 saturated heterocycles. The molecule has 0 unspecified atom stereocenters. The van der Waals surface area contributed by atoms with Crippen molar-refractivity contribution >= 4 is 38.3 Å². The van der Waals surface area contributed by atoms with Crippen molar-refractivity contribution in [2.75, 3.05) is 0 Å². The van der Waals surface area contributed by atoms with Crippen molar-refractivity contribution in [2.24, 2.45) is 0 Å². The predicted octanol–water partition coefficient (Wildman–Crippen LogP) is 5.83. The molecule has 0 saturated carbocycles. The largest absolute Gasteiger partial charge is 0.486 e. The zero-order valence-electron chi connectivity index (χ0n) is 10.6. The molecule has 0 amide bonds. The zero-order valence-corrected chi connectivity index (χ0v) is 13.0. The van der Waals surface area contributed by atoms with E-state index in [4.69, 9.17) is 16.3 Å². The van der Waals surface area contributed by atoms with Gasteiger partial charge in [0.25, 0.3) is 0 Å². The molecule has 1 nitrogen and oxygen atoms in total. The van der Waals surface area contributed by atoms with E-state index in [2.05, 4.69) is 15.9 Å². The Kier molecular flexibility index (Phi) is 3.95. The van der Waals surface area contributed by atoms with Crippen LogP contribution in [0.3, 0.4) is 0 Å². The lowest BCUT2D eigenvalue weighted by atomic mass is 10.1. The minimum absolute atomic E-state index is 0.498. The van der Waals surface area contributed by atoms with Gasteiger partial charge in [-0.3, -0.25) is 0 Å². The Morgan fingerprint density at radius 3 is 2.45 bits per heavy atom. The minimum Gasteiger partial charge on any atom is -0.486 e. The van der Waals surface area contributed by atoms with Crippen LogP contribution in [0.5, 0.6) is 5.75 Å². The first kappa shape index (κ1) is 13.5. The molecule has 0 aliphatic carbocycles. The van der Waals surface area contributed by atoms with E-state index in [0.717, 1.165) is 20.8 Å². The first-order valence-electron chi connectivity index (χ1n) is 6.29. The van der Waals surface area contributed by atoms with Crippen molar-refractivity contribution in [3.63, 3.8) is 0 Å². The number of rotatable bonds is 3. The van der Waals surface area contributed by atoms with Crippen LogP contribution in [0.15, 0.2) is 65.1 Å². The summed E-state index contributed by atoms with van der Waals surface area (Å²) in [6, 6.07) is 20.1. The molecule has 3 aromatic rings. The normalized spacial score (nSPS) is 10.7. The number of hydrogen-bond donors (Lipinski definition) is 0. The topological polar surface area (TPSA) is 9.23 Å². The number of fused-ring (bicyclic) bond motifs is 1. The second kappa shape index (κ2) is 5.86. The van der Waals surface area contributed by atoms with E-state index in [1.165, 1.54) is 0 Å². The second-order valence-electron chi connectivity index (χ2n) is 4.50. The standard InChI is InChI=1S/C17H12BrClO/c18-16-14-9-5-4-8-13(14)10-15(19)17(16)20-11-12-6-2-1-3-7-12/h1-10H,11H2. The molecule has 0 aliphatic heterocycles. The Hall–Kier alpha value is -1.51. The van der Waals surface area contributed by atoms with Gasteiger partial charge in [-0.2, -0.15) is 0 Å². The molecule has 0 radical (unpaired) electrons. The van der Waals surface area contributed by atoms with Gasteiger partial charge in [0.1, 0.15) is 6.61 Å². The van der Waals surface area contributed by atoms with Crippen LogP contribution in [0.2, 0.25) is 5.02 Å².